The van der Waals surface area contributed by atoms with Crippen LogP contribution in [0.3, 0.4) is 0 Å². The minimum absolute atomic E-state index is 0.167. The topological polar surface area (TPSA) is 69.6 Å². The van der Waals surface area contributed by atoms with Gasteiger partial charge in [0.15, 0.2) is 0 Å². The van der Waals surface area contributed by atoms with Crippen molar-refractivity contribution < 1.29 is 14.7 Å². The molecule has 1 heterocycles. The average Bonchev–Trinajstić information content (AvgIpc) is 2.83. The molecule has 1 fully saturated rings. The van der Waals surface area contributed by atoms with Gasteiger partial charge in [-0.15, -0.1) is 0 Å². The highest BCUT2D eigenvalue weighted by atomic mass is 16.4. The molecule has 0 bridgehead atoms. The minimum atomic E-state index is -0.822. The molecule has 1 aromatic rings. The van der Waals surface area contributed by atoms with Crippen LogP contribution in [0.5, 0.6) is 0 Å². The van der Waals surface area contributed by atoms with Gasteiger partial charge in [-0.2, -0.15) is 0 Å². The Kier molecular flexibility index (Phi) is 4.83. The summed E-state index contributed by atoms with van der Waals surface area (Å²) in [5, 5.41) is 12.0. The first kappa shape index (κ1) is 15.4. The summed E-state index contributed by atoms with van der Waals surface area (Å²) < 4.78 is 0. The lowest BCUT2D eigenvalue weighted by Gasteiger charge is -2.23. The van der Waals surface area contributed by atoms with Gasteiger partial charge in [0.2, 0.25) is 0 Å². The van der Waals surface area contributed by atoms with Gasteiger partial charge in [-0.05, 0) is 37.8 Å². The zero-order chi connectivity index (χ0) is 15.4. The highest BCUT2D eigenvalue weighted by molar-refractivity contribution is 5.78. The molecule has 5 heteroatoms. The van der Waals surface area contributed by atoms with Crippen LogP contribution >= 0.6 is 0 Å². The zero-order valence-corrected chi connectivity index (χ0v) is 12.5. The number of nitrogens with one attached hydrogen (secondary N) is 1. The van der Waals surface area contributed by atoms with Crippen LogP contribution in [0.25, 0.3) is 0 Å². The molecule has 1 saturated heterocycles. The number of aliphatic carboxylic acids is 1. The molecule has 0 radical (unpaired) electrons. The first-order chi connectivity index (χ1) is 10.0. The molecule has 0 spiro atoms. The van der Waals surface area contributed by atoms with Gasteiger partial charge in [-0.1, -0.05) is 24.3 Å². The Morgan fingerprint density at radius 1 is 1.38 bits per heavy atom. The number of carboxylic acids is 1. The molecule has 2 atom stereocenters. The first-order valence-electron chi connectivity index (χ1n) is 7.32. The van der Waals surface area contributed by atoms with E-state index < -0.39 is 11.9 Å². The molecule has 2 N–H and O–H groups in total. The van der Waals surface area contributed by atoms with Crippen molar-refractivity contribution in [1.29, 1.82) is 0 Å². The Labute approximate surface area is 125 Å². The number of likely N-dealkylation sites (tertiary alicyclic amines) is 1. The Morgan fingerprint density at radius 3 is 2.71 bits per heavy atom. The van der Waals surface area contributed by atoms with Gasteiger partial charge in [-0.25, -0.2) is 4.79 Å². The minimum Gasteiger partial charge on any atom is -0.481 e. The SMILES string of the molecule is Cc1ccccc1CCNC(=O)N1CCC(C(=O)O)C1C. The standard InChI is InChI=1S/C16H22N2O3/c1-11-5-3-4-6-13(11)7-9-17-16(21)18-10-8-14(12(18)2)15(19)20/h3-6,12,14H,7-10H2,1-2H3,(H,17,21)(H,19,20). The van der Waals surface area contributed by atoms with Gasteiger partial charge in [0.1, 0.15) is 0 Å². The molecule has 0 aliphatic carbocycles. The number of carbonyl (C=O) groups is 2. The van der Waals surface area contributed by atoms with Crippen LogP contribution in [0.4, 0.5) is 4.79 Å². The van der Waals surface area contributed by atoms with Crippen LogP contribution < -0.4 is 5.32 Å². The van der Waals surface area contributed by atoms with Gasteiger partial charge in [0.05, 0.1) is 5.92 Å². The third-order valence-corrected chi connectivity index (χ3v) is 4.26. The van der Waals surface area contributed by atoms with E-state index in [4.69, 9.17) is 5.11 Å². The van der Waals surface area contributed by atoms with Crippen molar-refractivity contribution in [3.63, 3.8) is 0 Å². The highest BCUT2D eigenvalue weighted by Gasteiger charge is 2.37. The first-order valence-corrected chi connectivity index (χ1v) is 7.32. The van der Waals surface area contributed by atoms with Crippen LogP contribution in [0.1, 0.15) is 24.5 Å². The Bertz CT molecular complexity index is 530. The van der Waals surface area contributed by atoms with Gasteiger partial charge in [0, 0.05) is 19.1 Å². The quantitative estimate of drug-likeness (QED) is 0.891. The fourth-order valence-electron chi connectivity index (χ4n) is 2.85. The van der Waals surface area contributed by atoms with E-state index in [1.165, 1.54) is 11.1 Å². The van der Waals surface area contributed by atoms with E-state index in [1.807, 2.05) is 12.1 Å². The second kappa shape index (κ2) is 6.61. The number of amides is 2. The van der Waals surface area contributed by atoms with E-state index in [1.54, 1.807) is 11.8 Å². The van der Waals surface area contributed by atoms with Crippen LogP contribution in [0, 0.1) is 12.8 Å². The van der Waals surface area contributed by atoms with E-state index in [0.29, 0.717) is 19.5 Å². The van der Waals surface area contributed by atoms with E-state index >= 15 is 0 Å². The number of carbonyl (C=O) groups excluding carboxylic acids is 1. The molecule has 2 unspecified atom stereocenters. The van der Waals surface area contributed by atoms with E-state index in [9.17, 15) is 9.59 Å². The zero-order valence-electron chi connectivity index (χ0n) is 12.5. The monoisotopic (exact) mass is 290 g/mol. The lowest BCUT2D eigenvalue weighted by molar-refractivity contribution is -0.142. The number of rotatable bonds is 4. The highest BCUT2D eigenvalue weighted by Crippen LogP contribution is 2.24. The third-order valence-electron chi connectivity index (χ3n) is 4.26. The maximum atomic E-state index is 12.1. The van der Waals surface area contributed by atoms with Crippen LogP contribution in [0.2, 0.25) is 0 Å². The third kappa shape index (κ3) is 3.54. The second-order valence-corrected chi connectivity index (χ2v) is 5.58. The maximum absolute atomic E-state index is 12.1. The predicted octanol–water partition coefficient (Wildman–Crippen LogP) is 2.04. The molecule has 1 aliphatic rings. The Hall–Kier alpha value is -2.04. The summed E-state index contributed by atoms with van der Waals surface area (Å²) in [5.74, 6) is -1.27. The summed E-state index contributed by atoms with van der Waals surface area (Å²) >= 11 is 0. The number of nitrogens with zero attached hydrogens (tertiary/aromatic N) is 1. The van der Waals surface area contributed by atoms with Crippen LogP contribution in [0.15, 0.2) is 24.3 Å². The molecule has 114 valence electrons. The Balaban J connectivity index is 1.83. The molecule has 2 rings (SSSR count). The predicted molar refractivity (Wildman–Crippen MR) is 80.2 cm³/mol. The summed E-state index contributed by atoms with van der Waals surface area (Å²) in [6.07, 6.45) is 1.31. The number of carboxylic acid groups (broad SMARTS) is 1. The molecule has 0 aromatic heterocycles. The normalized spacial score (nSPS) is 21.3. The number of hydrogen-bond acceptors (Lipinski definition) is 2. The Morgan fingerprint density at radius 2 is 2.10 bits per heavy atom. The maximum Gasteiger partial charge on any atom is 0.317 e. The molecule has 5 nitrogen and oxygen atoms in total. The van der Waals surface area contributed by atoms with Crippen LogP contribution in [-0.4, -0.2) is 41.1 Å². The van der Waals surface area contributed by atoms with Crippen LogP contribution in [-0.2, 0) is 11.2 Å². The van der Waals surface area contributed by atoms with E-state index in [0.717, 1.165) is 6.42 Å². The van der Waals surface area contributed by atoms with Crippen molar-refractivity contribution in [3.8, 4) is 0 Å². The lowest BCUT2D eigenvalue weighted by Crippen LogP contribution is -2.44. The molecule has 21 heavy (non-hydrogen) atoms. The van der Waals surface area contributed by atoms with Gasteiger partial charge < -0.3 is 15.3 Å². The smallest absolute Gasteiger partial charge is 0.317 e. The summed E-state index contributed by atoms with van der Waals surface area (Å²) in [6.45, 7) is 4.92. The largest absolute Gasteiger partial charge is 0.481 e. The van der Waals surface area contributed by atoms with Crippen molar-refractivity contribution in [2.24, 2.45) is 5.92 Å². The molecule has 1 aromatic carbocycles. The summed E-state index contributed by atoms with van der Waals surface area (Å²) in [4.78, 5) is 24.8. The fourth-order valence-corrected chi connectivity index (χ4v) is 2.85. The average molecular weight is 290 g/mol. The lowest BCUT2D eigenvalue weighted by atomic mass is 10.0. The molecular weight excluding hydrogens is 268 g/mol. The van der Waals surface area contributed by atoms with E-state index in [-0.39, 0.29) is 12.1 Å². The van der Waals surface area contributed by atoms with Crippen molar-refractivity contribution in [3.05, 3.63) is 35.4 Å². The molecule has 0 saturated carbocycles. The molecular formula is C16H22N2O3. The summed E-state index contributed by atoms with van der Waals surface area (Å²) in [7, 11) is 0. The summed E-state index contributed by atoms with van der Waals surface area (Å²) in [5.41, 5.74) is 2.43. The second-order valence-electron chi connectivity index (χ2n) is 5.58. The number of benzene rings is 1. The van der Waals surface area contributed by atoms with Gasteiger partial charge >= 0.3 is 12.0 Å². The fraction of sp³-hybridized carbons (Fsp3) is 0.500. The van der Waals surface area contributed by atoms with Crippen molar-refractivity contribution >= 4 is 12.0 Å². The molecule has 2 amide bonds. The van der Waals surface area contributed by atoms with Crippen molar-refractivity contribution in [2.75, 3.05) is 13.1 Å². The summed E-state index contributed by atoms with van der Waals surface area (Å²) in [6, 6.07) is 7.68. The van der Waals surface area contributed by atoms with E-state index in [2.05, 4.69) is 24.4 Å². The number of urea groups is 1. The molecule has 1 aliphatic heterocycles. The van der Waals surface area contributed by atoms with Gasteiger partial charge in [-0.3, -0.25) is 4.79 Å². The number of hydrogen-bond donors (Lipinski definition) is 2. The van der Waals surface area contributed by atoms with Crippen molar-refractivity contribution in [1.82, 2.24) is 10.2 Å². The van der Waals surface area contributed by atoms with Gasteiger partial charge in [0.25, 0.3) is 0 Å². The number of aryl methyl sites for hydroxylation is 1. The van der Waals surface area contributed by atoms with Crippen molar-refractivity contribution in [2.45, 2.75) is 32.7 Å².